The largest absolute Gasteiger partial charge is 0.395 e. The van der Waals surface area contributed by atoms with Crippen molar-refractivity contribution in [3.63, 3.8) is 0 Å². The van der Waals surface area contributed by atoms with Crippen LogP contribution in [0.3, 0.4) is 0 Å². The van der Waals surface area contributed by atoms with Crippen molar-refractivity contribution in [1.29, 1.82) is 0 Å². The molecule has 3 nitrogen and oxygen atoms in total. The Morgan fingerprint density at radius 1 is 1.71 bits per heavy atom. The molecule has 78 valence electrons. The molecule has 14 heavy (non-hydrogen) atoms. The van der Waals surface area contributed by atoms with Gasteiger partial charge in [0.1, 0.15) is 0 Å². The van der Waals surface area contributed by atoms with Crippen LogP contribution in [0, 0.1) is 0 Å². The molecule has 1 aliphatic carbocycles. The third-order valence-corrected chi connectivity index (χ3v) is 3.56. The fourth-order valence-electron chi connectivity index (χ4n) is 1.26. The summed E-state index contributed by atoms with van der Waals surface area (Å²) in [6.07, 6.45) is 4.58. The van der Waals surface area contributed by atoms with Gasteiger partial charge in [-0.3, -0.25) is 0 Å². The lowest BCUT2D eigenvalue weighted by atomic mass is 10.3. The first-order valence-corrected chi connectivity index (χ1v) is 5.90. The Bertz CT molecular complexity index is 296. The Hall–Kier alpha value is -0.450. The summed E-state index contributed by atoms with van der Waals surface area (Å²) in [5, 5.41) is 13.4. The number of nitrogens with zero attached hydrogens (tertiary/aromatic N) is 1. The van der Waals surface area contributed by atoms with E-state index in [4.69, 9.17) is 5.11 Å². The third-order valence-electron chi connectivity index (χ3n) is 2.40. The van der Waals surface area contributed by atoms with E-state index < -0.39 is 0 Å². The molecule has 1 fully saturated rings. The Balaban J connectivity index is 1.83. The fourth-order valence-corrected chi connectivity index (χ4v) is 2.30. The molecule has 0 aliphatic heterocycles. The van der Waals surface area contributed by atoms with Crippen molar-refractivity contribution in [2.24, 2.45) is 0 Å². The molecule has 0 saturated heterocycles. The molecule has 4 heteroatoms. The highest BCUT2D eigenvalue weighted by Gasteiger charge is 2.26. The summed E-state index contributed by atoms with van der Waals surface area (Å²) in [4.78, 5) is 5.67. The molecule has 2 rings (SSSR count). The quantitative estimate of drug-likeness (QED) is 0.777. The van der Waals surface area contributed by atoms with Crippen molar-refractivity contribution in [1.82, 2.24) is 10.3 Å². The van der Waals surface area contributed by atoms with Crippen LogP contribution in [-0.4, -0.2) is 22.7 Å². The lowest BCUT2D eigenvalue weighted by Crippen LogP contribution is -2.28. The van der Waals surface area contributed by atoms with Crippen LogP contribution < -0.4 is 5.32 Å². The Labute approximate surface area is 88.2 Å². The number of aliphatic hydroxyl groups excluding tert-OH is 1. The SMILES string of the molecule is CC(CO)NCc1cnc(C2CC2)s1. The smallest absolute Gasteiger partial charge is 0.0959 e. The number of hydrogen-bond donors (Lipinski definition) is 2. The van der Waals surface area contributed by atoms with Crippen molar-refractivity contribution in [2.75, 3.05) is 6.61 Å². The summed E-state index contributed by atoms with van der Waals surface area (Å²) < 4.78 is 0. The van der Waals surface area contributed by atoms with Crippen molar-refractivity contribution in [2.45, 2.75) is 38.3 Å². The molecular formula is C10H16N2OS. The molecule has 1 heterocycles. The molecule has 1 aromatic rings. The molecule has 2 N–H and O–H groups in total. The van der Waals surface area contributed by atoms with Crippen molar-refractivity contribution < 1.29 is 5.11 Å². The average molecular weight is 212 g/mol. The summed E-state index contributed by atoms with van der Waals surface area (Å²) >= 11 is 1.80. The van der Waals surface area contributed by atoms with Crippen molar-refractivity contribution >= 4 is 11.3 Å². The van der Waals surface area contributed by atoms with E-state index in [2.05, 4.69) is 10.3 Å². The summed E-state index contributed by atoms with van der Waals surface area (Å²) in [6, 6.07) is 0.168. The predicted octanol–water partition coefficient (Wildman–Crippen LogP) is 1.49. The van der Waals surface area contributed by atoms with Gasteiger partial charge in [-0.2, -0.15) is 0 Å². The number of aliphatic hydroxyl groups is 1. The summed E-state index contributed by atoms with van der Waals surface area (Å²) in [5.41, 5.74) is 0. The van der Waals surface area contributed by atoms with Crippen molar-refractivity contribution in [3.05, 3.63) is 16.1 Å². The van der Waals surface area contributed by atoms with Gasteiger partial charge in [0.15, 0.2) is 0 Å². The van der Waals surface area contributed by atoms with Gasteiger partial charge < -0.3 is 10.4 Å². The van der Waals surface area contributed by atoms with E-state index in [1.165, 1.54) is 22.7 Å². The van der Waals surface area contributed by atoms with Crippen LogP contribution in [-0.2, 0) is 6.54 Å². The predicted molar refractivity (Wildman–Crippen MR) is 57.5 cm³/mol. The molecule has 1 atom stereocenters. The minimum absolute atomic E-state index is 0.168. The second kappa shape index (κ2) is 4.38. The second-order valence-corrected chi connectivity index (χ2v) is 5.05. The van der Waals surface area contributed by atoms with Gasteiger partial charge in [0.05, 0.1) is 11.6 Å². The molecule has 1 saturated carbocycles. The molecule has 0 bridgehead atoms. The Morgan fingerprint density at radius 3 is 3.14 bits per heavy atom. The van der Waals surface area contributed by atoms with E-state index in [-0.39, 0.29) is 12.6 Å². The zero-order valence-electron chi connectivity index (χ0n) is 8.36. The first-order valence-electron chi connectivity index (χ1n) is 5.08. The summed E-state index contributed by atoms with van der Waals surface area (Å²) in [5.74, 6) is 0.754. The molecule has 1 aromatic heterocycles. The van der Waals surface area contributed by atoms with Crippen LogP contribution in [0.2, 0.25) is 0 Å². The van der Waals surface area contributed by atoms with Crippen LogP contribution >= 0.6 is 11.3 Å². The van der Waals surface area contributed by atoms with E-state index in [9.17, 15) is 0 Å². The minimum atomic E-state index is 0.168. The van der Waals surface area contributed by atoms with E-state index in [1.807, 2.05) is 13.1 Å². The van der Waals surface area contributed by atoms with Gasteiger partial charge in [0, 0.05) is 29.6 Å². The maximum Gasteiger partial charge on any atom is 0.0959 e. The Morgan fingerprint density at radius 2 is 2.50 bits per heavy atom. The monoisotopic (exact) mass is 212 g/mol. The van der Waals surface area contributed by atoms with Gasteiger partial charge in [-0.1, -0.05) is 0 Å². The second-order valence-electron chi connectivity index (χ2n) is 3.90. The molecule has 1 unspecified atom stereocenters. The third kappa shape index (κ3) is 2.53. The fraction of sp³-hybridized carbons (Fsp3) is 0.700. The average Bonchev–Trinajstić information content (AvgIpc) is 2.95. The van der Waals surface area contributed by atoms with Gasteiger partial charge in [-0.15, -0.1) is 11.3 Å². The normalized spacial score (nSPS) is 18.4. The highest BCUT2D eigenvalue weighted by atomic mass is 32.1. The van der Waals surface area contributed by atoms with Gasteiger partial charge in [0.25, 0.3) is 0 Å². The molecular weight excluding hydrogens is 196 g/mol. The maximum absolute atomic E-state index is 8.84. The van der Waals surface area contributed by atoms with Gasteiger partial charge in [0.2, 0.25) is 0 Å². The Kier molecular flexibility index (Phi) is 3.15. The van der Waals surface area contributed by atoms with Crippen LogP contribution in [0.5, 0.6) is 0 Å². The van der Waals surface area contributed by atoms with Crippen LogP contribution in [0.15, 0.2) is 6.20 Å². The standard InChI is InChI=1S/C10H16N2OS/c1-7(6-13)11-4-9-5-12-10(14-9)8-2-3-8/h5,7-8,11,13H,2-4,6H2,1H3. The van der Waals surface area contributed by atoms with E-state index >= 15 is 0 Å². The molecule has 0 amide bonds. The van der Waals surface area contributed by atoms with E-state index in [0.717, 1.165) is 12.5 Å². The van der Waals surface area contributed by atoms with Gasteiger partial charge >= 0.3 is 0 Å². The zero-order valence-corrected chi connectivity index (χ0v) is 9.18. The van der Waals surface area contributed by atoms with Crippen LogP contribution in [0.4, 0.5) is 0 Å². The van der Waals surface area contributed by atoms with E-state index in [1.54, 1.807) is 11.3 Å². The lowest BCUT2D eigenvalue weighted by Gasteiger charge is -2.08. The van der Waals surface area contributed by atoms with Crippen LogP contribution in [0.1, 0.15) is 35.6 Å². The zero-order chi connectivity index (χ0) is 9.97. The molecule has 0 radical (unpaired) electrons. The minimum Gasteiger partial charge on any atom is -0.395 e. The number of nitrogens with one attached hydrogen (secondary N) is 1. The number of aromatic nitrogens is 1. The summed E-state index contributed by atoms with van der Waals surface area (Å²) in [6.45, 7) is 2.99. The highest BCUT2D eigenvalue weighted by Crippen LogP contribution is 2.41. The topological polar surface area (TPSA) is 45.1 Å². The summed E-state index contributed by atoms with van der Waals surface area (Å²) in [7, 11) is 0. The van der Waals surface area contributed by atoms with Crippen LogP contribution in [0.25, 0.3) is 0 Å². The number of hydrogen-bond acceptors (Lipinski definition) is 4. The van der Waals surface area contributed by atoms with Gasteiger partial charge in [-0.05, 0) is 19.8 Å². The molecule has 0 aromatic carbocycles. The van der Waals surface area contributed by atoms with E-state index in [0.29, 0.717) is 0 Å². The molecule has 1 aliphatic rings. The first kappa shape index (κ1) is 10.1. The highest BCUT2D eigenvalue weighted by molar-refractivity contribution is 7.11. The number of rotatable bonds is 5. The molecule has 0 spiro atoms. The van der Waals surface area contributed by atoms with Crippen molar-refractivity contribution in [3.8, 4) is 0 Å². The maximum atomic E-state index is 8.84. The first-order chi connectivity index (χ1) is 6.79. The van der Waals surface area contributed by atoms with Gasteiger partial charge in [-0.25, -0.2) is 4.98 Å². The number of thiazole rings is 1. The lowest BCUT2D eigenvalue weighted by molar-refractivity contribution is 0.251.